The molecule has 0 aliphatic rings. The smallest absolute Gasteiger partial charge is 0.108 e. The summed E-state index contributed by atoms with van der Waals surface area (Å²) < 4.78 is 0. The summed E-state index contributed by atoms with van der Waals surface area (Å²) in [4.78, 5) is 0.103. The Hall–Kier alpha value is -0.580. The van der Waals surface area contributed by atoms with Crippen LogP contribution in [0.15, 0.2) is 9.81 Å². The molecule has 0 aliphatic carbocycles. The van der Waals surface area contributed by atoms with E-state index in [0.717, 1.165) is 0 Å². The monoisotopic (exact) mass is 142 g/mol. The maximum atomic E-state index is 8.05. The molecule has 0 rings (SSSR count). The van der Waals surface area contributed by atoms with Crippen molar-refractivity contribution >= 4 is 25.3 Å². The van der Waals surface area contributed by atoms with E-state index < -0.39 is 0 Å². The first-order valence-corrected chi connectivity index (χ1v) is 2.54. The number of rotatable bonds is 0. The molecule has 0 saturated heterocycles. The molecule has 0 saturated carbocycles. The third kappa shape index (κ3) is 1.92. The van der Waals surface area contributed by atoms with Crippen molar-refractivity contribution in [2.24, 2.45) is 0 Å². The van der Waals surface area contributed by atoms with E-state index in [9.17, 15) is 0 Å². The lowest BCUT2D eigenvalue weighted by Gasteiger charge is -1.79. The zero-order valence-corrected chi connectivity index (χ0v) is 5.58. The molecule has 8 heavy (non-hydrogen) atoms. The second-order valence-electron chi connectivity index (χ2n) is 0.921. The van der Waals surface area contributed by atoms with Crippen molar-refractivity contribution in [3.8, 4) is 12.1 Å². The van der Waals surface area contributed by atoms with E-state index in [1.54, 1.807) is 12.1 Å². The molecule has 0 aromatic heterocycles. The zero-order valence-electron chi connectivity index (χ0n) is 3.79. The van der Waals surface area contributed by atoms with E-state index in [-0.39, 0.29) is 9.81 Å². The Morgan fingerprint density at radius 2 is 1.25 bits per heavy atom. The molecule has 2 nitrogen and oxygen atoms in total. The maximum Gasteiger partial charge on any atom is 0.108 e. The Morgan fingerprint density at radius 3 is 1.38 bits per heavy atom. The highest BCUT2D eigenvalue weighted by molar-refractivity contribution is 7.89. The van der Waals surface area contributed by atoms with E-state index >= 15 is 0 Å². The lowest BCUT2D eigenvalue weighted by Crippen LogP contribution is -1.66. The minimum Gasteiger partial charge on any atom is -0.192 e. The molecule has 0 aromatic carbocycles. The maximum absolute atomic E-state index is 8.05. The topological polar surface area (TPSA) is 47.6 Å². The highest BCUT2D eigenvalue weighted by Crippen LogP contribution is 2.08. The van der Waals surface area contributed by atoms with Gasteiger partial charge in [0.25, 0.3) is 0 Å². The molecule has 0 N–H and O–H groups in total. The molecule has 0 aromatic rings. The van der Waals surface area contributed by atoms with Gasteiger partial charge < -0.3 is 0 Å². The van der Waals surface area contributed by atoms with Gasteiger partial charge >= 0.3 is 0 Å². The Bertz CT molecular complexity index is 171. The first-order chi connectivity index (χ1) is 3.72. The lowest BCUT2D eigenvalue weighted by molar-refractivity contribution is 1.50. The largest absolute Gasteiger partial charge is 0.192 e. The Labute approximate surface area is 58.2 Å². The Balaban J connectivity index is 4.41. The molecule has 40 valence electrons. The molecule has 4 heteroatoms. The third-order valence-electron chi connectivity index (χ3n) is 0.436. The van der Waals surface area contributed by atoms with Crippen molar-refractivity contribution in [2.75, 3.05) is 0 Å². The van der Waals surface area contributed by atoms with Gasteiger partial charge in [-0.3, -0.25) is 0 Å². The average Bonchev–Trinajstić information content (AvgIpc) is 1.84. The molecular weight excluding hydrogens is 140 g/mol. The summed E-state index contributed by atoms with van der Waals surface area (Å²) in [5.41, 5.74) is 0. The van der Waals surface area contributed by atoms with Crippen LogP contribution in [-0.2, 0) is 0 Å². The fourth-order valence-electron chi connectivity index (χ4n) is 0.106. The summed E-state index contributed by atoms with van der Waals surface area (Å²) in [5.74, 6) is 0. The second-order valence-corrected chi connectivity index (χ2v) is 1.82. The van der Waals surface area contributed by atoms with E-state index in [1.807, 2.05) is 0 Å². The molecule has 0 heterocycles. The van der Waals surface area contributed by atoms with Crippen LogP contribution >= 0.6 is 25.3 Å². The van der Waals surface area contributed by atoms with Crippen molar-refractivity contribution in [1.82, 2.24) is 0 Å². The van der Waals surface area contributed by atoms with Crippen LogP contribution in [0.5, 0.6) is 0 Å². The molecule has 0 aliphatic heterocycles. The molecule has 0 unspecified atom stereocenters. The summed E-state index contributed by atoms with van der Waals surface area (Å²) in [6.45, 7) is 0. The van der Waals surface area contributed by atoms with Gasteiger partial charge in [-0.25, -0.2) is 0 Å². The number of hydrogen-bond donors (Lipinski definition) is 2. The number of nitrogens with zero attached hydrogens (tertiary/aromatic N) is 2. The third-order valence-corrected chi connectivity index (χ3v) is 1.26. The minimum atomic E-state index is 0.0517. The molecule has 0 amide bonds. The van der Waals surface area contributed by atoms with Crippen LogP contribution in [-0.4, -0.2) is 0 Å². The highest BCUT2D eigenvalue weighted by Gasteiger charge is 1.91. The van der Waals surface area contributed by atoms with Gasteiger partial charge in [-0.2, -0.15) is 10.5 Å². The van der Waals surface area contributed by atoms with Crippen LogP contribution in [0.4, 0.5) is 0 Å². The van der Waals surface area contributed by atoms with Gasteiger partial charge in [0, 0.05) is 0 Å². The van der Waals surface area contributed by atoms with Crippen LogP contribution in [0.1, 0.15) is 0 Å². The lowest BCUT2D eigenvalue weighted by atomic mass is 10.5. The van der Waals surface area contributed by atoms with Gasteiger partial charge in [-0.1, -0.05) is 0 Å². The molecule has 0 bridgehead atoms. The standard InChI is InChI=1S/C4H2N2S2/c5-1-3(7)4(8)2-6/h7-8H/b4-3+. The van der Waals surface area contributed by atoms with Crippen molar-refractivity contribution in [2.45, 2.75) is 0 Å². The van der Waals surface area contributed by atoms with Gasteiger partial charge in [-0.05, 0) is 0 Å². The molecule has 0 spiro atoms. The number of hydrogen-bond acceptors (Lipinski definition) is 4. The van der Waals surface area contributed by atoms with Crippen molar-refractivity contribution in [3.63, 3.8) is 0 Å². The average molecular weight is 142 g/mol. The first kappa shape index (κ1) is 7.42. The summed E-state index contributed by atoms with van der Waals surface area (Å²) in [7, 11) is 0. The predicted molar refractivity (Wildman–Crippen MR) is 36.2 cm³/mol. The van der Waals surface area contributed by atoms with Crippen LogP contribution in [0.25, 0.3) is 0 Å². The molecular formula is C4H2N2S2. The van der Waals surface area contributed by atoms with Gasteiger partial charge in [0.15, 0.2) is 0 Å². The van der Waals surface area contributed by atoms with Gasteiger partial charge in [0.2, 0.25) is 0 Å². The summed E-state index contributed by atoms with van der Waals surface area (Å²) in [5, 5.41) is 16.1. The van der Waals surface area contributed by atoms with Gasteiger partial charge in [0.1, 0.15) is 21.9 Å². The normalized spacial score (nSPS) is 11.0. The van der Waals surface area contributed by atoms with Crippen LogP contribution < -0.4 is 0 Å². The fourth-order valence-corrected chi connectivity index (χ4v) is 0.206. The van der Waals surface area contributed by atoms with Crippen LogP contribution in [0, 0.1) is 22.7 Å². The quantitative estimate of drug-likeness (QED) is 0.393. The molecule has 0 radical (unpaired) electrons. The summed E-state index contributed by atoms with van der Waals surface area (Å²) in [6, 6.07) is 3.32. The van der Waals surface area contributed by atoms with E-state index in [2.05, 4.69) is 25.3 Å². The second kappa shape index (κ2) is 3.43. The fraction of sp³-hybridized carbons (Fsp3) is 0. The molecule has 0 atom stereocenters. The number of thiol groups is 2. The zero-order chi connectivity index (χ0) is 6.57. The first-order valence-electron chi connectivity index (χ1n) is 1.64. The predicted octanol–water partition coefficient (Wildman–Crippen LogP) is 1.10. The Kier molecular flexibility index (Phi) is 3.18. The van der Waals surface area contributed by atoms with E-state index in [0.29, 0.717) is 0 Å². The number of nitriles is 2. The van der Waals surface area contributed by atoms with Crippen molar-refractivity contribution in [1.29, 1.82) is 10.5 Å². The van der Waals surface area contributed by atoms with E-state index in [4.69, 9.17) is 10.5 Å². The Morgan fingerprint density at radius 1 is 1.00 bits per heavy atom. The van der Waals surface area contributed by atoms with E-state index in [1.165, 1.54) is 0 Å². The highest BCUT2D eigenvalue weighted by atomic mass is 32.1. The van der Waals surface area contributed by atoms with Gasteiger partial charge in [-0.15, -0.1) is 25.3 Å². The van der Waals surface area contributed by atoms with Crippen LogP contribution in [0.2, 0.25) is 0 Å². The minimum absolute atomic E-state index is 0.0517. The molecule has 0 fully saturated rings. The van der Waals surface area contributed by atoms with Crippen molar-refractivity contribution in [3.05, 3.63) is 9.81 Å². The SMILES string of the molecule is N#C/C(S)=C(\S)C#N. The van der Waals surface area contributed by atoms with Gasteiger partial charge in [0.05, 0.1) is 0 Å². The number of allylic oxidation sites excluding steroid dienone is 2. The van der Waals surface area contributed by atoms with Crippen molar-refractivity contribution < 1.29 is 0 Å². The van der Waals surface area contributed by atoms with Crippen LogP contribution in [0.3, 0.4) is 0 Å². The summed E-state index contributed by atoms with van der Waals surface area (Å²) in [6.07, 6.45) is 0. The summed E-state index contributed by atoms with van der Waals surface area (Å²) >= 11 is 7.25.